The maximum absolute atomic E-state index is 12.4. The summed E-state index contributed by atoms with van der Waals surface area (Å²) in [4.78, 5) is 9.12. The summed E-state index contributed by atoms with van der Waals surface area (Å²) in [6, 6.07) is 15.6. The molecule has 0 saturated carbocycles. The number of anilines is 3. The number of nitrogens with one attached hydrogen (secondary N) is 2. The molecule has 0 amide bonds. The van der Waals surface area contributed by atoms with Gasteiger partial charge in [-0.25, -0.2) is 4.98 Å². The van der Waals surface area contributed by atoms with Crippen molar-refractivity contribution >= 4 is 17.5 Å². The SMILES string of the molecule is Cc1cc(OC(F)(F)F)ccc1Nc1cc(-c2ccccc2)nc(NC(C)(C)C)n1. The van der Waals surface area contributed by atoms with Gasteiger partial charge in [0.15, 0.2) is 0 Å². The van der Waals surface area contributed by atoms with Gasteiger partial charge in [0.25, 0.3) is 0 Å². The second-order valence-electron chi connectivity index (χ2n) is 7.85. The number of halogens is 3. The smallest absolute Gasteiger partial charge is 0.406 e. The lowest BCUT2D eigenvalue weighted by molar-refractivity contribution is -0.274. The molecule has 3 rings (SSSR count). The van der Waals surface area contributed by atoms with Gasteiger partial charge in [0.1, 0.15) is 11.6 Å². The molecule has 2 aromatic carbocycles. The fourth-order valence-corrected chi connectivity index (χ4v) is 2.77. The molecular weight excluding hydrogens is 393 g/mol. The Hall–Kier alpha value is -3.29. The van der Waals surface area contributed by atoms with E-state index in [0.29, 0.717) is 23.0 Å². The summed E-state index contributed by atoms with van der Waals surface area (Å²) in [5, 5.41) is 6.43. The molecule has 30 heavy (non-hydrogen) atoms. The summed E-state index contributed by atoms with van der Waals surface area (Å²) >= 11 is 0. The van der Waals surface area contributed by atoms with Crippen molar-refractivity contribution in [2.75, 3.05) is 10.6 Å². The van der Waals surface area contributed by atoms with Crippen LogP contribution in [0.3, 0.4) is 0 Å². The quantitative estimate of drug-likeness (QED) is 0.511. The lowest BCUT2D eigenvalue weighted by atomic mass is 10.1. The maximum atomic E-state index is 12.4. The van der Waals surface area contributed by atoms with Crippen LogP contribution in [0.4, 0.5) is 30.6 Å². The van der Waals surface area contributed by atoms with E-state index < -0.39 is 6.36 Å². The Morgan fingerprint density at radius 2 is 1.60 bits per heavy atom. The van der Waals surface area contributed by atoms with Gasteiger partial charge >= 0.3 is 6.36 Å². The largest absolute Gasteiger partial charge is 0.573 e. The average Bonchev–Trinajstić information content (AvgIpc) is 2.62. The first-order valence-corrected chi connectivity index (χ1v) is 9.35. The van der Waals surface area contributed by atoms with Gasteiger partial charge in [-0.2, -0.15) is 4.98 Å². The monoisotopic (exact) mass is 416 g/mol. The first-order chi connectivity index (χ1) is 14.0. The zero-order chi connectivity index (χ0) is 21.9. The number of ether oxygens (including phenoxy) is 1. The second kappa shape index (κ2) is 8.22. The molecule has 0 fully saturated rings. The predicted molar refractivity (Wildman–Crippen MR) is 112 cm³/mol. The molecule has 0 atom stereocenters. The van der Waals surface area contributed by atoms with E-state index in [2.05, 4.69) is 25.3 Å². The van der Waals surface area contributed by atoms with E-state index >= 15 is 0 Å². The summed E-state index contributed by atoms with van der Waals surface area (Å²) in [5.41, 5.74) is 2.59. The predicted octanol–water partition coefficient (Wildman–Crippen LogP) is 6.30. The number of hydrogen-bond acceptors (Lipinski definition) is 5. The Bertz CT molecular complexity index is 1020. The van der Waals surface area contributed by atoms with Gasteiger partial charge in [-0.15, -0.1) is 13.2 Å². The molecule has 8 heteroatoms. The standard InChI is InChI=1S/C22H23F3N4O/c1-14-12-16(30-22(23,24)25)10-11-17(14)26-19-13-18(15-8-6-5-7-9-15)27-20(28-19)29-21(2,3)4/h5-13H,1-4H3,(H2,26,27,28,29). The molecule has 1 aromatic heterocycles. The van der Waals surface area contributed by atoms with E-state index in [-0.39, 0.29) is 11.3 Å². The Labute approximate surface area is 173 Å². The number of benzene rings is 2. The van der Waals surface area contributed by atoms with Crippen molar-refractivity contribution in [3.63, 3.8) is 0 Å². The Morgan fingerprint density at radius 1 is 0.900 bits per heavy atom. The number of aromatic nitrogens is 2. The molecule has 5 nitrogen and oxygen atoms in total. The van der Waals surface area contributed by atoms with Crippen LogP contribution in [-0.4, -0.2) is 21.9 Å². The molecule has 0 aliphatic carbocycles. The Kier molecular flexibility index (Phi) is 5.87. The van der Waals surface area contributed by atoms with Crippen molar-refractivity contribution in [3.05, 3.63) is 60.2 Å². The van der Waals surface area contributed by atoms with E-state index in [4.69, 9.17) is 0 Å². The molecule has 0 radical (unpaired) electrons. The van der Waals surface area contributed by atoms with Gasteiger partial charge in [-0.3, -0.25) is 0 Å². The lowest BCUT2D eigenvalue weighted by Crippen LogP contribution is -2.27. The first-order valence-electron chi connectivity index (χ1n) is 9.35. The topological polar surface area (TPSA) is 59.1 Å². The fraction of sp³-hybridized carbons (Fsp3) is 0.273. The summed E-state index contributed by atoms with van der Waals surface area (Å²) < 4.78 is 41.3. The normalized spacial score (nSPS) is 11.8. The molecule has 0 spiro atoms. The van der Waals surface area contributed by atoms with Crippen molar-refractivity contribution in [1.82, 2.24) is 9.97 Å². The highest BCUT2D eigenvalue weighted by Crippen LogP contribution is 2.30. The lowest BCUT2D eigenvalue weighted by Gasteiger charge is -2.21. The van der Waals surface area contributed by atoms with E-state index in [0.717, 1.165) is 11.3 Å². The van der Waals surface area contributed by atoms with Crippen LogP contribution in [0.2, 0.25) is 0 Å². The summed E-state index contributed by atoms with van der Waals surface area (Å²) in [7, 11) is 0. The third-order valence-electron chi connectivity index (χ3n) is 3.98. The zero-order valence-corrected chi connectivity index (χ0v) is 17.1. The number of alkyl halides is 3. The van der Waals surface area contributed by atoms with Gasteiger partial charge in [0.2, 0.25) is 5.95 Å². The number of aryl methyl sites for hydroxylation is 1. The molecular formula is C22H23F3N4O. The van der Waals surface area contributed by atoms with E-state index in [1.165, 1.54) is 18.2 Å². The van der Waals surface area contributed by atoms with Crippen molar-refractivity contribution in [2.45, 2.75) is 39.6 Å². The first kappa shape index (κ1) is 21.4. The third-order valence-corrected chi connectivity index (χ3v) is 3.98. The number of hydrogen-bond donors (Lipinski definition) is 2. The van der Waals surface area contributed by atoms with Gasteiger partial charge in [0, 0.05) is 22.9 Å². The van der Waals surface area contributed by atoms with E-state index in [1.54, 1.807) is 13.0 Å². The highest BCUT2D eigenvalue weighted by Gasteiger charge is 2.31. The van der Waals surface area contributed by atoms with Crippen LogP contribution in [0.25, 0.3) is 11.3 Å². The highest BCUT2D eigenvalue weighted by atomic mass is 19.4. The van der Waals surface area contributed by atoms with Gasteiger partial charge in [-0.05, 0) is 51.5 Å². The molecule has 158 valence electrons. The number of nitrogens with zero attached hydrogens (tertiary/aromatic N) is 2. The molecule has 0 bridgehead atoms. The third kappa shape index (κ3) is 6.10. The summed E-state index contributed by atoms with van der Waals surface area (Å²) in [5.74, 6) is 0.692. The van der Waals surface area contributed by atoms with Crippen LogP contribution >= 0.6 is 0 Å². The van der Waals surface area contributed by atoms with Crippen LogP contribution in [0.1, 0.15) is 26.3 Å². The minimum absolute atomic E-state index is 0.251. The zero-order valence-electron chi connectivity index (χ0n) is 17.1. The van der Waals surface area contributed by atoms with Crippen molar-refractivity contribution in [3.8, 4) is 17.0 Å². The van der Waals surface area contributed by atoms with Crippen LogP contribution < -0.4 is 15.4 Å². The van der Waals surface area contributed by atoms with Crippen molar-refractivity contribution in [1.29, 1.82) is 0 Å². The van der Waals surface area contributed by atoms with Crippen LogP contribution in [0.5, 0.6) is 5.75 Å². The van der Waals surface area contributed by atoms with E-state index in [9.17, 15) is 13.2 Å². The average molecular weight is 416 g/mol. The van der Waals surface area contributed by atoms with Gasteiger partial charge in [0.05, 0.1) is 5.69 Å². The van der Waals surface area contributed by atoms with Gasteiger partial charge < -0.3 is 15.4 Å². The molecule has 0 saturated heterocycles. The maximum Gasteiger partial charge on any atom is 0.573 e. The Balaban J connectivity index is 1.94. The minimum Gasteiger partial charge on any atom is -0.406 e. The van der Waals surface area contributed by atoms with Crippen molar-refractivity contribution in [2.24, 2.45) is 0 Å². The van der Waals surface area contributed by atoms with Crippen LogP contribution in [0, 0.1) is 6.92 Å². The molecule has 1 heterocycles. The second-order valence-corrected chi connectivity index (χ2v) is 7.85. The molecule has 0 aliphatic rings. The summed E-state index contributed by atoms with van der Waals surface area (Å²) in [6.07, 6.45) is -4.73. The molecule has 0 unspecified atom stereocenters. The Morgan fingerprint density at radius 3 is 2.20 bits per heavy atom. The van der Waals surface area contributed by atoms with Crippen LogP contribution in [0.15, 0.2) is 54.6 Å². The van der Waals surface area contributed by atoms with Crippen LogP contribution in [-0.2, 0) is 0 Å². The highest BCUT2D eigenvalue weighted by molar-refractivity contribution is 5.69. The molecule has 3 aromatic rings. The summed E-state index contributed by atoms with van der Waals surface area (Å²) in [6.45, 7) is 7.70. The molecule has 2 N–H and O–H groups in total. The fourth-order valence-electron chi connectivity index (χ4n) is 2.77. The minimum atomic E-state index is -4.73. The van der Waals surface area contributed by atoms with E-state index in [1.807, 2.05) is 51.1 Å². The van der Waals surface area contributed by atoms with Crippen molar-refractivity contribution < 1.29 is 17.9 Å². The number of rotatable bonds is 5. The molecule has 0 aliphatic heterocycles. The van der Waals surface area contributed by atoms with Gasteiger partial charge in [-0.1, -0.05) is 30.3 Å².